The van der Waals surface area contributed by atoms with Crippen molar-refractivity contribution < 1.29 is 4.42 Å². The topological polar surface area (TPSA) is 13.1 Å². The fourth-order valence-electron chi connectivity index (χ4n) is 7.87. The molecule has 0 radical (unpaired) electrons. The van der Waals surface area contributed by atoms with E-state index in [-0.39, 0.29) is 0 Å². The lowest BCUT2D eigenvalue weighted by Gasteiger charge is -2.19. The summed E-state index contributed by atoms with van der Waals surface area (Å²) < 4.78 is 6.13. The van der Waals surface area contributed by atoms with Gasteiger partial charge in [0.1, 0.15) is 11.2 Å². The number of fused-ring (bicyclic) bond motifs is 6. The molecule has 0 amide bonds. The Hall–Kier alpha value is -6.44. The molecular weight excluding hydrogens is 593 g/mol. The Morgan fingerprint density at radius 3 is 1.45 bits per heavy atom. The van der Waals surface area contributed by atoms with Gasteiger partial charge in [0.05, 0.1) is 0 Å². The zero-order valence-electron chi connectivity index (χ0n) is 26.7. The summed E-state index contributed by atoms with van der Waals surface area (Å²) in [5.41, 5.74) is 11.7. The largest absolute Gasteiger partial charge is 0.456 e. The van der Waals surface area contributed by atoms with Crippen molar-refractivity contribution >= 4 is 54.3 Å². The standard InChI is InChI=1S/C48H30O/c1-2-15-36-31(12-1)13-11-22-39(36)48-42-20-7-5-18-40(42)47(41-19-6-8-21-43(41)48)33-26-24-32(25-27-33)35-14-3-4-16-37(35)34-28-29-46-44(30-34)38-17-9-10-23-45(38)49-46/h1-30H. The van der Waals surface area contributed by atoms with Gasteiger partial charge in [-0.15, -0.1) is 0 Å². The van der Waals surface area contributed by atoms with E-state index in [1.807, 2.05) is 12.1 Å². The van der Waals surface area contributed by atoms with E-state index < -0.39 is 0 Å². The molecule has 0 atom stereocenters. The van der Waals surface area contributed by atoms with Crippen LogP contribution in [0.5, 0.6) is 0 Å². The van der Waals surface area contributed by atoms with Gasteiger partial charge in [-0.05, 0) is 95.0 Å². The molecule has 1 aromatic heterocycles. The minimum Gasteiger partial charge on any atom is -0.456 e. The number of rotatable bonds is 4. The lowest BCUT2D eigenvalue weighted by molar-refractivity contribution is 0.669. The molecule has 10 rings (SSSR count). The van der Waals surface area contributed by atoms with Crippen molar-refractivity contribution in [3.63, 3.8) is 0 Å². The van der Waals surface area contributed by atoms with E-state index in [1.54, 1.807) is 0 Å². The molecule has 0 saturated carbocycles. The number of benzene rings is 9. The highest BCUT2D eigenvalue weighted by molar-refractivity contribution is 6.23. The summed E-state index contributed by atoms with van der Waals surface area (Å²) >= 11 is 0. The van der Waals surface area contributed by atoms with Crippen LogP contribution in [0.4, 0.5) is 0 Å². The van der Waals surface area contributed by atoms with Crippen LogP contribution in [0.2, 0.25) is 0 Å². The lowest BCUT2D eigenvalue weighted by atomic mass is 9.84. The monoisotopic (exact) mass is 622 g/mol. The van der Waals surface area contributed by atoms with Crippen molar-refractivity contribution in [2.45, 2.75) is 0 Å². The van der Waals surface area contributed by atoms with E-state index >= 15 is 0 Å². The van der Waals surface area contributed by atoms with Gasteiger partial charge in [-0.2, -0.15) is 0 Å². The Morgan fingerprint density at radius 2 is 0.735 bits per heavy atom. The minimum absolute atomic E-state index is 0.915. The third kappa shape index (κ3) is 4.40. The van der Waals surface area contributed by atoms with Gasteiger partial charge < -0.3 is 4.42 Å². The van der Waals surface area contributed by atoms with E-state index in [0.29, 0.717) is 0 Å². The second-order valence-electron chi connectivity index (χ2n) is 12.8. The minimum atomic E-state index is 0.915. The molecular formula is C48H30O. The van der Waals surface area contributed by atoms with Crippen LogP contribution in [0, 0.1) is 0 Å². The van der Waals surface area contributed by atoms with Gasteiger partial charge in [-0.25, -0.2) is 0 Å². The Balaban J connectivity index is 1.13. The van der Waals surface area contributed by atoms with Gasteiger partial charge in [0.2, 0.25) is 0 Å². The van der Waals surface area contributed by atoms with E-state index in [4.69, 9.17) is 4.42 Å². The second-order valence-corrected chi connectivity index (χ2v) is 12.8. The first-order chi connectivity index (χ1) is 24.3. The molecule has 0 N–H and O–H groups in total. The zero-order valence-corrected chi connectivity index (χ0v) is 26.7. The van der Waals surface area contributed by atoms with Crippen molar-refractivity contribution in [1.82, 2.24) is 0 Å². The number of hydrogen-bond donors (Lipinski definition) is 0. The molecule has 228 valence electrons. The number of furan rings is 1. The van der Waals surface area contributed by atoms with E-state index in [0.717, 1.165) is 21.9 Å². The van der Waals surface area contributed by atoms with Gasteiger partial charge in [0, 0.05) is 10.8 Å². The highest BCUT2D eigenvalue weighted by Crippen LogP contribution is 2.46. The molecule has 0 bridgehead atoms. The third-order valence-corrected chi connectivity index (χ3v) is 10.1. The molecule has 0 fully saturated rings. The van der Waals surface area contributed by atoms with Crippen LogP contribution in [0.3, 0.4) is 0 Å². The Morgan fingerprint density at radius 1 is 0.265 bits per heavy atom. The fraction of sp³-hybridized carbons (Fsp3) is 0. The summed E-state index contributed by atoms with van der Waals surface area (Å²) in [4.78, 5) is 0. The van der Waals surface area contributed by atoms with Gasteiger partial charge in [-0.1, -0.05) is 164 Å². The predicted molar refractivity (Wildman–Crippen MR) is 208 cm³/mol. The normalized spacial score (nSPS) is 11.7. The van der Waals surface area contributed by atoms with E-state index in [9.17, 15) is 0 Å². The molecule has 9 aromatic carbocycles. The molecule has 0 aliphatic heterocycles. The second kappa shape index (κ2) is 11.1. The lowest BCUT2D eigenvalue weighted by Crippen LogP contribution is -1.92. The maximum Gasteiger partial charge on any atom is 0.135 e. The van der Waals surface area contributed by atoms with Crippen LogP contribution in [0.1, 0.15) is 0 Å². The predicted octanol–water partition coefficient (Wildman–Crippen LogP) is 13.7. The van der Waals surface area contributed by atoms with Gasteiger partial charge in [0.25, 0.3) is 0 Å². The Bertz CT molecular complexity index is 2810. The van der Waals surface area contributed by atoms with E-state index in [1.165, 1.54) is 76.8 Å². The van der Waals surface area contributed by atoms with Crippen molar-refractivity contribution in [2.24, 2.45) is 0 Å². The first kappa shape index (κ1) is 27.7. The van der Waals surface area contributed by atoms with Crippen LogP contribution in [-0.4, -0.2) is 0 Å². The third-order valence-electron chi connectivity index (χ3n) is 10.1. The van der Waals surface area contributed by atoms with Crippen LogP contribution in [0.15, 0.2) is 186 Å². The van der Waals surface area contributed by atoms with Gasteiger partial charge >= 0.3 is 0 Å². The maximum atomic E-state index is 6.13. The number of hydrogen-bond acceptors (Lipinski definition) is 1. The molecule has 1 heteroatoms. The van der Waals surface area contributed by atoms with Crippen molar-refractivity contribution in [3.8, 4) is 44.5 Å². The first-order valence-corrected chi connectivity index (χ1v) is 16.8. The van der Waals surface area contributed by atoms with Crippen molar-refractivity contribution in [3.05, 3.63) is 182 Å². The molecule has 0 aliphatic rings. The molecule has 0 spiro atoms. The number of para-hydroxylation sites is 1. The van der Waals surface area contributed by atoms with Gasteiger partial charge in [-0.3, -0.25) is 0 Å². The maximum absolute atomic E-state index is 6.13. The molecule has 1 nitrogen and oxygen atoms in total. The fourth-order valence-corrected chi connectivity index (χ4v) is 7.87. The highest BCUT2D eigenvalue weighted by atomic mass is 16.3. The van der Waals surface area contributed by atoms with Crippen molar-refractivity contribution in [1.29, 1.82) is 0 Å². The summed E-state index contributed by atoms with van der Waals surface area (Å²) in [5, 5.41) is 9.88. The van der Waals surface area contributed by atoms with Crippen LogP contribution in [0.25, 0.3) is 98.8 Å². The van der Waals surface area contributed by atoms with Crippen LogP contribution < -0.4 is 0 Å². The Labute approximate surface area is 284 Å². The smallest absolute Gasteiger partial charge is 0.135 e. The average Bonchev–Trinajstić information content (AvgIpc) is 3.55. The molecule has 0 aliphatic carbocycles. The zero-order chi connectivity index (χ0) is 32.3. The summed E-state index contributed by atoms with van der Waals surface area (Å²) in [6, 6.07) is 65.8. The first-order valence-electron chi connectivity index (χ1n) is 16.8. The Kier molecular flexibility index (Phi) is 6.25. The summed E-state index contributed by atoms with van der Waals surface area (Å²) in [6.45, 7) is 0. The molecule has 0 unspecified atom stereocenters. The summed E-state index contributed by atoms with van der Waals surface area (Å²) in [7, 11) is 0. The average molecular weight is 623 g/mol. The molecule has 49 heavy (non-hydrogen) atoms. The highest BCUT2D eigenvalue weighted by Gasteiger charge is 2.18. The SMILES string of the molecule is c1ccc(-c2ccc3oc4ccccc4c3c2)c(-c2ccc(-c3c4ccccc4c(-c4cccc5ccccc45)c4ccccc34)cc2)c1. The molecule has 10 aromatic rings. The van der Waals surface area contributed by atoms with Gasteiger partial charge in [0.15, 0.2) is 0 Å². The molecule has 0 saturated heterocycles. The summed E-state index contributed by atoms with van der Waals surface area (Å²) in [6.07, 6.45) is 0. The van der Waals surface area contributed by atoms with Crippen LogP contribution in [-0.2, 0) is 0 Å². The summed E-state index contributed by atoms with van der Waals surface area (Å²) in [5.74, 6) is 0. The van der Waals surface area contributed by atoms with Crippen molar-refractivity contribution in [2.75, 3.05) is 0 Å². The quantitative estimate of drug-likeness (QED) is 0.178. The molecule has 1 heterocycles. The van der Waals surface area contributed by atoms with Crippen LogP contribution >= 0.6 is 0 Å². The van der Waals surface area contributed by atoms with E-state index in [2.05, 4.69) is 170 Å².